The van der Waals surface area contributed by atoms with Gasteiger partial charge in [-0.05, 0) is 31.1 Å². The highest BCUT2D eigenvalue weighted by Gasteiger charge is 2.24. The molecule has 2 heteroatoms. The van der Waals surface area contributed by atoms with Crippen LogP contribution in [0.3, 0.4) is 0 Å². The number of hydrogen-bond donors (Lipinski definition) is 2. The Labute approximate surface area is 95.0 Å². The lowest BCUT2D eigenvalue weighted by atomic mass is 9.78. The molecule has 0 bridgehead atoms. The van der Waals surface area contributed by atoms with Gasteiger partial charge < -0.3 is 0 Å². The maximum atomic E-state index is 5.67. The van der Waals surface area contributed by atoms with E-state index in [9.17, 15) is 0 Å². The molecule has 0 amide bonds. The Bertz CT molecular complexity index is 151. The van der Waals surface area contributed by atoms with Crippen molar-refractivity contribution in [3.63, 3.8) is 0 Å². The molecule has 90 valence electrons. The van der Waals surface area contributed by atoms with Gasteiger partial charge in [-0.2, -0.15) is 0 Å². The van der Waals surface area contributed by atoms with E-state index in [0.717, 1.165) is 11.8 Å². The number of nitrogens with one attached hydrogen (secondary N) is 1. The van der Waals surface area contributed by atoms with Crippen LogP contribution in [0.25, 0.3) is 0 Å². The minimum Gasteiger partial charge on any atom is -0.271 e. The molecule has 1 aliphatic rings. The summed E-state index contributed by atoms with van der Waals surface area (Å²) in [7, 11) is 0. The second-order valence-electron chi connectivity index (χ2n) is 5.29. The molecule has 0 heterocycles. The molecule has 1 saturated carbocycles. The molecular formula is C13H28N2. The van der Waals surface area contributed by atoms with Crippen LogP contribution in [-0.2, 0) is 0 Å². The topological polar surface area (TPSA) is 38.0 Å². The van der Waals surface area contributed by atoms with E-state index in [1.165, 1.54) is 51.4 Å². The molecule has 0 aromatic carbocycles. The predicted molar refractivity (Wildman–Crippen MR) is 66.4 cm³/mol. The van der Waals surface area contributed by atoms with Crippen molar-refractivity contribution in [2.45, 2.75) is 71.3 Å². The Balaban J connectivity index is 2.24. The van der Waals surface area contributed by atoms with Crippen molar-refractivity contribution < 1.29 is 0 Å². The van der Waals surface area contributed by atoms with Crippen LogP contribution in [0.2, 0.25) is 0 Å². The van der Waals surface area contributed by atoms with Crippen LogP contribution in [-0.4, -0.2) is 6.04 Å². The quantitative estimate of drug-likeness (QED) is 0.403. The van der Waals surface area contributed by atoms with Gasteiger partial charge >= 0.3 is 0 Å². The Morgan fingerprint density at radius 1 is 1.20 bits per heavy atom. The van der Waals surface area contributed by atoms with Crippen LogP contribution in [0.4, 0.5) is 0 Å². The van der Waals surface area contributed by atoms with Gasteiger partial charge in [0.1, 0.15) is 0 Å². The Morgan fingerprint density at radius 2 is 1.87 bits per heavy atom. The average Bonchev–Trinajstić information content (AvgIpc) is 2.26. The molecule has 2 nitrogen and oxygen atoms in total. The van der Waals surface area contributed by atoms with Gasteiger partial charge in [-0.1, -0.05) is 46.0 Å². The van der Waals surface area contributed by atoms with Gasteiger partial charge in [-0.25, -0.2) is 0 Å². The zero-order chi connectivity index (χ0) is 11.1. The van der Waals surface area contributed by atoms with E-state index in [0.29, 0.717) is 6.04 Å². The van der Waals surface area contributed by atoms with Crippen molar-refractivity contribution in [3.05, 3.63) is 0 Å². The van der Waals surface area contributed by atoms with Crippen molar-refractivity contribution in [2.24, 2.45) is 17.7 Å². The summed E-state index contributed by atoms with van der Waals surface area (Å²) in [6.45, 7) is 4.63. The van der Waals surface area contributed by atoms with Crippen LogP contribution >= 0.6 is 0 Å². The van der Waals surface area contributed by atoms with Crippen LogP contribution in [0, 0.1) is 11.8 Å². The third-order valence-corrected chi connectivity index (χ3v) is 3.96. The molecule has 0 aliphatic heterocycles. The van der Waals surface area contributed by atoms with E-state index in [1.54, 1.807) is 0 Å². The molecule has 0 saturated heterocycles. The molecule has 1 fully saturated rings. The standard InChI is InChI=1S/C13H28N2/c1-3-4-5-6-13(15-14)12-9-7-11(2)8-10-12/h11-13,15H,3-10,14H2,1-2H3. The molecule has 1 aliphatic carbocycles. The second kappa shape index (κ2) is 7.24. The smallest absolute Gasteiger partial charge is 0.0238 e. The van der Waals surface area contributed by atoms with Gasteiger partial charge in [0.05, 0.1) is 0 Å². The van der Waals surface area contributed by atoms with E-state index in [2.05, 4.69) is 19.3 Å². The van der Waals surface area contributed by atoms with Crippen LogP contribution in [0.1, 0.15) is 65.2 Å². The largest absolute Gasteiger partial charge is 0.271 e. The third-order valence-electron chi connectivity index (χ3n) is 3.96. The van der Waals surface area contributed by atoms with Crippen LogP contribution in [0.5, 0.6) is 0 Å². The highest BCUT2D eigenvalue weighted by molar-refractivity contribution is 4.79. The number of hydrogen-bond acceptors (Lipinski definition) is 2. The summed E-state index contributed by atoms with van der Waals surface area (Å²) < 4.78 is 0. The second-order valence-corrected chi connectivity index (χ2v) is 5.29. The van der Waals surface area contributed by atoms with Crippen molar-refractivity contribution in [3.8, 4) is 0 Å². The minimum absolute atomic E-state index is 0.573. The monoisotopic (exact) mass is 212 g/mol. The fourth-order valence-corrected chi connectivity index (χ4v) is 2.76. The maximum absolute atomic E-state index is 5.67. The first-order chi connectivity index (χ1) is 7.27. The first kappa shape index (κ1) is 13.0. The molecule has 1 atom stereocenters. The molecule has 0 aromatic heterocycles. The normalized spacial score (nSPS) is 29.0. The summed E-state index contributed by atoms with van der Waals surface area (Å²) in [5.74, 6) is 7.45. The van der Waals surface area contributed by atoms with Crippen molar-refractivity contribution in [1.29, 1.82) is 0 Å². The number of rotatable bonds is 6. The summed E-state index contributed by atoms with van der Waals surface area (Å²) in [5, 5.41) is 0. The fraction of sp³-hybridized carbons (Fsp3) is 1.00. The van der Waals surface area contributed by atoms with Crippen molar-refractivity contribution >= 4 is 0 Å². The van der Waals surface area contributed by atoms with E-state index in [-0.39, 0.29) is 0 Å². The zero-order valence-corrected chi connectivity index (χ0v) is 10.5. The Morgan fingerprint density at radius 3 is 2.40 bits per heavy atom. The lowest BCUT2D eigenvalue weighted by molar-refractivity contribution is 0.220. The number of nitrogens with two attached hydrogens (primary N) is 1. The molecule has 0 spiro atoms. The zero-order valence-electron chi connectivity index (χ0n) is 10.5. The highest BCUT2D eigenvalue weighted by Crippen LogP contribution is 2.31. The molecular weight excluding hydrogens is 184 g/mol. The molecule has 15 heavy (non-hydrogen) atoms. The minimum atomic E-state index is 0.573. The Kier molecular flexibility index (Phi) is 6.26. The first-order valence-corrected chi connectivity index (χ1v) is 6.74. The Hall–Kier alpha value is -0.0800. The summed E-state index contributed by atoms with van der Waals surface area (Å²) in [6.07, 6.45) is 10.8. The van der Waals surface area contributed by atoms with E-state index < -0.39 is 0 Å². The van der Waals surface area contributed by atoms with Crippen molar-refractivity contribution in [1.82, 2.24) is 5.43 Å². The molecule has 0 aromatic rings. The van der Waals surface area contributed by atoms with Gasteiger partial charge in [-0.3, -0.25) is 11.3 Å². The molecule has 1 rings (SSSR count). The molecule has 0 radical (unpaired) electrons. The van der Waals surface area contributed by atoms with E-state index in [1.807, 2.05) is 0 Å². The van der Waals surface area contributed by atoms with Gasteiger partial charge in [0, 0.05) is 6.04 Å². The van der Waals surface area contributed by atoms with Gasteiger partial charge in [-0.15, -0.1) is 0 Å². The van der Waals surface area contributed by atoms with Crippen LogP contribution in [0.15, 0.2) is 0 Å². The predicted octanol–water partition coefficient (Wildman–Crippen LogP) is 3.22. The number of unbranched alkanes of at least 4 members (excludes halogenated alkanes) is 2. The maximum Gasteiger partial charge on any atom is 0.0238 e. The lowest BCUT2D eigenvalue weighted by Crippen LogP contribution is -2.42. The molecule has 3 N–H and O–H groups in total. The SMILES string of the molecule is CCCCCC(NN)C1CCC(C)CC1. The van der Waals surface area contributed by atoms with Gasteiger partial charge in [0.2, 0.25) is 0 Å². The summed E-state index contributed by atoms with van der Waals surface area (Å²) in [4.78, 5) is 0. The summed E-state index contributed by atoms with van der Waals surface area (Å²) in [6, 6.07) is 0.573. The number of hydrazine groups is 1. The van der Waals surface area contributed by atoms with Gasteiger partial charge in [0.25, 0.3) is 0 Å². The summed E-state index contributed by atoms with van der Waals surface area (Å²) in [5.41, 5.74) is 3.05. The first-order valence-electron chi connectivity index (χ1n) is 6.74. The van der Waals surface area contributed by atoms with Crippen LogP contribution < -0.4 is 11.3 Å². The van der Waals surface area contributed by atoms with Crippen molar-refractivity contribution in [2.75, 3.05) is 0 Å². The molecule has 1 unspecified atom stereocenters. The van der Waals surface area contributed by atoms with Gasteiger partial charge in [0.15, 0.2) is 0 Å². The fourth-order valence-electron chi connectivity index (χ4n) is 2.76. The third kappa shape index (κ3) is 4.52. The lowest BCUT2D eigenvalue weighted by Gasteiger charge is -2.32. The van der Waals surface area contributed by atoms with E-state index in [4.69, 9.17) is 5.84 Å². The average molecular weight is 212 g/mol. The van der Waals surface area contributed by atoms with E-state index >= 15 is 0 Å². The summed E-state index contributed by atoms with van der Waals surface area (Å²) >= 11 is 0. The highest BCUT2D eigenvalue weighted by atomic mass is 15.2.